The van der Waals surface area contributed by atoms with Gasteiger partial charge in [0, 0.05) is 31.8 Å². The Morgan fingerprint density at radius 2 is 1.81 bits per heavy atom. The standard InChI is InChI=1S/C15H22BrNO4/c1-19-10-7-17(8-11-20-2)15(18)6-9-21-14-5-3-4-13(16)12-14/h3-5,12H,6-11H2,1-2H3. The monoisotopic (exact) mass is 359 g/mol. The van der Waals surface area contributed by atoms with Gasteiger partial charge in [-0.25, -0.2) is 0 Å². The first-order valence-corrected chi connectivity index (χ1v) is 7.60. The molecule has 0 aromatic heterocycles. The first-order chi connectivity index (χ1) is 10.2. The van der Waals surface area contributed by atoms with Gasteiger partial charge >= 0.3 is 0 Å². The number of ether oxygens (including phenoxy) is 3. The molecule has 0 radical (unpaired) electrons. The molecule has 0 aliphatic rings. The molecule has 0 bridgehead atoms. The van der Waals surface area contributed by atoms with E-state index in [0.29, 0.717) is 39.3 Å². The van der Waals surface area contributed by atoms with Gasteiger partial charge in [0.1, 0.15) is 5.75 Å². The second kappa shape index (κ2) is 10.6. The maximum Gasteiger partial charge on any atom is 0.226 e. The van der Waals surface area contributed by atoms with E-state index in [1.807, 2.05) is 24.3 Å². The summed E-state index contributed by atoms with van der Waals surface area (Å²) in [6.07, 6.45) is 0.333. The van der Waals surface area contributed by atoms with Crippen LogP contribution in [-0.2, 0) is 14.3 Å². The van der Waals surface area contributed by atoms with E-state index in [9.17, 15) is 4.79 Å². The number of nitrogens with zero attached hydrogens (tertiary/aromatic N) is 1. The third kappa shape index (κ3) is 7.45. The fourth-order valence-corrected chi connectivity index (χ4v) is 2.11. The van der Waals surface area contributed by atoms with E-state index in [2.05, 4.69) is 15.9 Å². The van der Waals surface area contributed by atoms with E-state index in [1.165, 1.54) is 0 Å². The molecule has 6 heteroatoms. The summed E-state index contributed by atoms with van der Waals surface area (Å²) in [5.41, 5.74) is 0. The summed E-state index contributed by atoms with van der Waals surface area (Å²) < 4.78 is 16.6. The van der Waals surface area contributed by atoms with E-state index in [0.717, 1.165) is 10.2 Å². The summed E-state index contributed by atoms with van der Waals surface area (Å²) in [7, 11) is 3.24. The number of amides is 1. The minimum absolute atomic E-state index is 0.0408. The summed E-state index contributed by atoms with van der Waals surface area (Å²) in [4.78, 5) is 13.9. The van der Waals surface area contributed by atoms with Crippen LogP contribution in [0.4, 0.5) is 0 Å². The molecular weight excluding hydrogens is 338 g/mol. The van der Waals surface area contributed by atoms with E-state index >= 15 is 0 Å². The van der Waals surface area contributed by atoms with Gasteiger partial charge in [0.15, 0.2) is 0 Å². The Balaban J connectivity index is 2.37. The minimum Gasteiger partial charge on any atom is -0.493 e. The van der Waals surface area contributed by atoms with Crippen LogP contribution in [0.1, 0.15) is 6.42 Å². The van der Waals surface area contributed by atoms with Gasteiger partial charge in [0.2, 0.25) is 5.91 Å². The number of benzene rings is 1. The highest BCUT2D eigenvalue weighted by atomic mass is 79.9. The quantitative estimate of drug-likeness (QED) is 0.643. The fraction of sp³-hybridized carbons (Fsp3) is 0.533. The molecular formula is C15H22BrNO4. The molecule has 0 saturated carbocycles. The second-order valence-electron chi connectivity index (χ2n) is 4.42. The molecule has 0 aliphatic heterocycles. The molecule has 0 N–H and O–H groups in total. The summed E-state index contributed by atoms with van der Waals surface area (Å²) in [5.74, 6) is 0.789. The maximum absolute atomic E-state index is 12.1. The highest BCUT2D eigenvalue weighted by Gasteiger charge is 2.13. The number of rotatable bonds is 10. The van der Waals surface area contributed by atoms with E-state index in [4.69, 9.17) is 14.2 Å². The van der Waals surface area contributed by atoms with Crippen LogP contribution < -0.4 is 4.74 Å². The van der Waals surface area contributed by atoms with Gasteiger partial charge in [0.25, 0.3) is 0 Å². The van der Waals surface area contributed by atoms with Crippen molar-refractivity contribution in [1.82, 2.24) is 4.90 Å². The summed E-state index contributed by atoms with van der Waals surface area (Å²) >= 11 is 3.38. The van der Waals surface area contributed by atoms with E-state index in [1.54, 1.807) is 19.1 Å². The highest BCUT2D eigenvalue weighted by molar-refractivity contribution is 9.10. The van der Waals surface area contributed by atoms with Gasteiger partial charge in [-0.3, -0.25) is 4.79 Å². The molecule has 21 heavy (non-hydrogen) atoms. The van der Waals surface area contributed by atoms with Crippen molar-refractivity contribution in [3.8, 4) is 5.75 Å². The minimum atomic E-state index is 0.0408. The average Bonchev–Trinajstić information content (AvgIpc) is 2.47. The molecule has 0 heterocycles. The molecule has 1 aromatic rings. The zero-order valence-electron chi connectivity index (χ0n) is 12.5. The third-order valence-corrected chi connectivity index (χ3v) is 3.36. The van der Waals surface area contributed by atoms with Crippen LogP contribution in [0.25, 0.3) is 0 Å². The van der Waals surface area contributed by atoms with Gasteiger partial charge in [0.05, 0.1) is 26.2 Å². The van der Waals surface area contributed by atoms with Crippen molar-refractivity contribution in [1.29, 1.82) is 0 Å². The molecule has 0 saturated heterocycles. The van der Waals surface area contributed by atoms with E-state index < -0.39 is 0 Å². The lowest BCUT2D eigenvalue weighted by Crippen LogP contribution is -2.37. The van der Waals surface area contributed by atoms with Gasteiger partial charge in [-0.05, 0) is 18.2 Å². The molecule has 1 amide bonds. The zero-order chi connectivity index (χ0) is 15.5. The normalized spacial score (nSPS) is 10.4. The first kappa shape index (κ1) is 17.9. The molecule has 0 spiro atoms. The SMILES string of the molecule is COCCN(CCOC)C(=O)CCOc1cccc(Br)c1. The number of halogens is 1. The lowest BCUT2D eigenvalue weighted by Gasteiger charge is -2.22. The average molecular weight is 360 g/mol. The summed E-state index contributed by atoms with van der Waals surface area (Å²) in [5, 5.41) is 0. The predicted octanol–water partition coefficient (Wildman–Crippen LogP) is 2.34. The number of methoxy groups -OCH3 is 2. The van der Waals surface area contributed by atoms with Crippen LogP contribution >= 0.6 is 15.9 Å². The van der Waals surface area contributed by atoms with Gasteiger partial charge in [-0.15, -0.1) is 0 Å². The predicted molar refractivity (Wildman–Crippen MR) is 84.6 cm³/mol. The number of hydrogen-bond acceptors (Lipinski definition) is 4. The van der Waals surface area contributed by atoms with Crippen LogP contribution in [0.15, 0.2) is 28.7 Å². The van der Waals surface area contributed by atoms with Crippen molar-refractivity contribution in [3.63, 3.8) is 0 Å². The first-order valence-electron chi connectivity index (χ1n) is 6.81. The topological polar surface area (TPSA) is 48.0 Å². The van der Waals surface area contributed by atoms with Gasteiger partial charge in [-0.1, -0.05) is 22.0 Å². The Morgan fingerprint density at radius 1 is 1.14 bits per heavy atom. The number of carbonyl (C=O) groups excluding carboxylic acids is 1. The van der Waals surface area contributed by atoms with Gasteiger partial charge < -0.3 is 19.1 Å². The zero-order valence-corrected chi connectivity index (χ0v) is 14.1. The molecule has 1 aromatic carbocycles. The van der Waals surface area contributed by atoms with Crippen molar-refractivity contribution in [2.75, 3.05) is 47.1 Å². The van der Waals surface area contributed by atoms with Crippen LogP contribution in [0.3, 0.4) is 0 Å². The van der Waals surface area contributed by atoms with Crippen LogP contribution in [0, 0.1) is 0 Å². The lowest BCUT2D eigenvalue weighted by molar-refractivity contribution is -0.133. The Morgan fingerprint density at radius 3 is 2.38 bits per heavy atom. The smallest absolute Gasteiger partial charge is 0.226 e. The van der Waals surface area contributed by atoms with Crippen molar-refractivity contribution in [2.45, 2.75) is 6.42 Å². The third-order valence-electron chi connectivity index (χ3n) is 2.86. The molecule has 5 nitrogen and oxygen atoms in total. The Bertz CT molecular complexity index is 420. The fourth-order valence-electron chi connectivity index (χ4n) is 1.74. The molecule has 118 valence electrons. The largest absolute Gasteiger partial charge is 0.493 e. The molecule has 0 aliphatic carbocycles. The van der Waals surface area contributed by atoms with Gasteiger partial charge in [-0.2, -0.15) is 0 Å². The van der Waals surface area contributed by atoms with Crippen LogP contribution in [0.5, 0.6) is 5.75 Å². The van der Waals surface area contributed by atoms with Crippen molar-refractivity contribution in [3.05, 3.63) is 28.7 Å². The number of carbonyl (C=O) groups is 1. The van der Waals surface area contributed by atoms with Crippen LogP contribution in [-0.4, -0.2) is 57.9 Å². The Kier molecular flexibility index (Phi) is 9.05. The molecule has 0 unspecified atom stereocenters. The van der Waals surface area contributed by atoms with Crippen molar-refractivity contribution in [2.24, 2.45) is 0 Å². The van der Waals surface area contributed by atoms with Crippen molar-refractivity contribution >= 4 is 21.8 Å². The summed E-state index contributed by atoms with van der Waals surface area (Å²) in [6, 6.07) is 7.56. The van der Waals surface area contributed by atoms with E-state index in [-0.39, 0.29) is 5.91 Å². The molecule has 0 atom stereocenters. The lowest BCUT2D eigenvalue weighted by atomic mass is 10.3. The number of hydrogen-bond donors (Lipinski definition) is 0. The second-order valence-corrected chi connectivity index (χ2v) is 5.34. The summed E-state index contributed by atoms with van der Waals surface area (Å²) in [6.45, 7) is 2.51. The van der Waals surface area contributed by atoms with Crippen LogP contribution in [0.2, 0.25) is 0 Å². The molecule has 1 rings (SSSR count). The van der Waals surface area contributed by atoms with Crippen molar-refractivity contribution < 1.29 is 19.0 Å². The Hall–Kier alpha value is -1.11. The maximum atomic E-state index is 12.1. The highest BCUT2D eigenvalue weighted by Crippen LogP contribution is 2.17. The Labute approximate surface area is 134 Å². The molecule has 0 fully saturated rings.